The van der Waals surface area contributed by atoms with Crippen molar-refractivity contribution < 1.29 is 22.4 Å². The highest BCUT2D eigenvalue weighted by molar-refractivity contribution is 5.99. The van der Waals surface area contributed by atoms with Gasteiger partial charge in [-0.2, -0.15) is 18.2 Å². The number of alkyl halides is 3. The lowest BCUT2D eigenvalue weighted by molar-refractivity contribution is -0.141. The van der Waals surface area contributed by atoms with Crippen LogP contribution in [-0.2, 0) is 12.7 Å². The van der Waals surface area contributed by atoms with Crippen LogP contribution < -0.4 is 21.3 Å². The molecule has 1 aliphatic heterocycles. The van der Waals surface area contributed by atoms with Crippen LogP contribution in [0.4, 0.5) is 45.5 Å². The largest absolute Gasteiger partial charge is 0.433 e. The molecule has 1 fully saturated rings. The van der Waals surface area contributed by atoms with Gasteiger partial charge in [-0.3, -0.25) is 4.90 Å². The highest BCUT2D eigenvalue weighted by Crippen LogP contribution is 2.30. The molecule has 13 heteroatoms. The smallest absolute Gasteiger partial charge is 0.368 e. The molecular weight excluding hydrogens is 502 g/mol. The molecule has 0 unspecified atom stereocenters. The number of aromatic nitrogens is 2. The van der Waals surface area contributed by atoms with Gasteiger partial charge in [0.2, 0.25) is 5.95 Å². The maximum atomic E-state index is 13.2. The number of anilines is 4. The first-order valence-electron chi connectivity index (χ1n) is 10.8. The molecule has 36 heavy (non-hydrogen) atoms. The third-order valence-electron chi connectivity index (χ3n) is 5.42. The first kappa shape index (κ1) is 27.0. The minimum Gasteiger partial charge on any atom is -0.368 e. The summed E-state index contributed by atoms with van der Waals surface area (Å²) < 4.78 is 52.3. The Balaban J connectivity index is 0.00000361. The summed E-state index contributed by atoms with van der Waals surface area (Å²) >= 11 is 0. The minimum absolute atomic E-state index is 0. The second-order valence-electron chi connectivity index (χ2n) is 8.02. The van der Waals surface area contributed by atoms with Gasteiger partial charge in [-0.05, 0) is 35.9 Å². The maximum Gasteiger partial charge on any atom is 0.433 e. The number of nitrogens with two attached hydrogens (primary N) is 1. The summed E-state index contributed by atoms with van der Waals surface area (Å²) in [5.41, 5.74) is 6.36. The third-order valence-corrected chi connectivity index (χ3v) is 5.42. The third kappa shape index (κ3) is 7.18. The molecule has 3 aromatic rings. The Morgan fingerprint density at radius 1 is 0.944 bits per heavy atom. The molecule has 2 aromatic carbocycles. The molecule has 0 bridgehead atoms. The summed E-state index contributed by atoms with van der Waals surface area (Å²) in [6.07, 6.45) is -4.59. The Bertz CT molecular complexity index is 1190. The molecule has 0 spiro atoms. The summed E-state index contributed by atoms with van der Waals surface area (Å²) in [6, 6.07) is 13.3. The molecule has 1 saturated heterocycles. The van der Waals surface area contributed by atoms with Crippen LogP contribution in [0.5, 0.6) is 0 Å². The van der Waals surface area contributed by atoms with Crippen molar-refractivity contribution in [3.05, 3.63) is 71.7 Å². The number of rotatable bonds is 5. The number of hydrogen-bond acceptors (Lipinski definition) is 6. The molecule has 2 amide bonds. The van der Waals surface area contributed by atoms with E-state index in [1.165, 1.54) is 18.2 Å². The lowest BCUT2D eigenvalue weighted by Gasteiger charge is -2.35. The Morgan fingerprint density at radius 3 is 2.25 bits per heavy atom. The molecule has 8 nitrogen and oxygen atoms in total. The van der Waals surface area contributed by atoms with Crippen LogP contribution in [-0.4, -0.2) is 47.1 Å². The van der Waals surface area contributed by atoms with Gasteiger partial charge in [0.05, 0.1) is 0 Å². The summed E-state index contributed by atoms with van der Waals surface area (Å²) in [4.78, 5) is 23.3. The zero-order chi connectivity index (χ0) is 25.0. The SMILES string of the molecule is Cl.Nc1nc(N2CCN(Cc3ccc(NC(=O)Nc4cccc(F)c4)cc3)CC2)cc(C(F)(F)F)n1. The predicted molar refractivity (Wildman–Crippen MR) is 132 cm³/mol. The van der Waals surface area contributed by atoms with Gasteiger partial charge in [0.25, 0.3) is 0 Å². The van der Waals surface area contributed by atoms with Crippen LogP contribution in [0.25, 0.3) is 0 Å². The van der Waals surface area contributed by atoms with Crippen molar-refractivity contribution >= 4 is 41.6 Å². The summed E-state index contributed by atoms with van der Waals surface area (Å²) in [5, 5.41) is 5.25. The number of halogens is 5. The number of hydrogen-bond donors (Lipinski definition) is 3. The van der Waals surface area contributed by atoms with E-state index in [4.69, 9.17) is 5.73 Å². The molecule has 0 radical (unpaired) electrons. The molecule has 192 valence electrons. The number of benzene rings is 2. The topological polar surface area (TPSA) is 99.4 Å². The quantitative estimate of drug-likeness (QED) is 0.421. The van der Waals surface area contributed by atoms with Crippen LogP contribution in [0.1, 0.15) is 11.3 Å². The maximum absolute atomic E-state index is 13.2. The zero-order valence-corrected chi connectivity index (χ0v) is 19.7. The predicted octanol–water partition coefficient (Wildman–Crippen LogP) is 4.60. The molecular formula is C23H24ClF4N7O. The van der Waals surface area contributed by atoms with Crippen LogP contribution >= 0.6 is 12.4 Å². The van der Waals surface area contributed by atoms with E-state index >= 15 is 0 Å². The normalized spacial score (nSPS) is 14.2. The highest BCUT2D eigenvalue weighted by Gasteiger charge is 2.34. The molecule has 4 rings (SSSR count). The average Bonchev–Trinajstić information content (AvgIpc) is 2.80. The van der Waals surface area contributed by atoms with Crippen molar-refractivity contribution in [3.63, 3.8) is 0 Å². The zero-order valence-electron chi connectivity index (χ0n) is 18.9. The number of nitrogen functional groups attached to an aromatic ring is 1. The Hall–Kier alpha value is -3.64. The number of nitrogens with one attached hydrogen (secondary N) is 2. The lowest BCUT2D eigenvalue weighted by Crippen LogP contribution is -2.46. The van der Waals surface area contributed by atoms with Gasteiger partial charge in [0, 0.05) is 50.2 Å². The van der Waals surface area contributed by atoms with Crippen molar-refractivity contribution in [2.45, 2.75) is 12.7 Å². The van der Waals surface area contributed by atoms with Crippen molar-refractivity contribution in [2.24, 2.45) is 0 Å². The van der Waals surface area contributed by atoms with Gasteiger partial charge in [-0.15, -0.1) is 12.4 Å². The van der Waals surface area contributed by atoms with Gasteiger partial charge < -0.3 is 21.3 Å². The molecule has 4 N–H and O–H groups in total. The molecule has 2 heterocycles. The van der Waals surface area contributed by atoms with E-state index in [2.05, 4.69) is 25.5 Å². The van der Waals surface area contributed by atoms with Crippen LogP contribution in [0.3, 0.4) is 0 Å². The molecule has 1 aliphatic rings. The van der Waals surface area contributed by atoms with E-state index in [9.17, 15) is 22.4 Å². The van der Waals surface area contributed by atoms with Crippen molar-refractivity contribution in [1.29, 1.82) is 0 Å². The van der Waals surface area contributed by atoms with Gasteiger partial charge in [0.15, 0.2) is 5.69 Å². The second-order valence-corrected chi connectivity index (χ2v) is 8.02. The number of carbonyl (C=O) groups excluding carboxylic acids is 1. The minimum atomic E-state index is -4.59. The van der Waals surface area contributed by atoms with Crippen molar-refractivity contribution in [1.82, 2.24) is 14.9 Å². The Kier molecular flexibility index (Phi) is 8.53. The van der Waals surface area contributed by atoms with Gasteiger partial charge in [0.1, 0.15) is 11.6 Å². The monoisotopic (exact) mass is 525 g/mol. The molecule has 0 aliphatic carbocycles. The van der Waals surface area contributed by atoms with Crippen LogP contribution in [0, 0.1) is 5.82 Å². The van der Waals surface area contributed by atoms with Crippen LogP contribution in [0.15, 0.2) is 54.6 Å². The van der Waals surface area contributed by atoms with Crippen molar-refractivity contribution in [2.75, 3.05) is 47.4 Å². The highest BCUT2D eigenvalue weighted by atomic mass is 35.5. The number of piperazine rings is 1. The van der Waals surface area contributed by atoms with E-state index in [1.807, 2.05) is 12.1 Å². The Morgan fingerprint density at radius 2 is 1.61 bits per heavy atom. The molecule has 0 saturated carbocycles. The second kappa shape index (κ2) is 11.4. The fourth-order valence-corrected chi connectivity index (χ4v) is 3.71. The first-order valence-corrected chi connectivity index (χ1v) is 10.8. The standard InChI is InChI=1S/C23H23F4N7O.ClH/c24-16-2-1-3-18(12-16)30-22(35)29-17-6-4-15(5-7-17)14-33-8-10-34(11-9-33)20-13-19(23(25,26)27)31-21(28)32-20;/h1-7,12-13H,8-11,14H2,(H2,28,31,32)(H2,29,30,35);1H. The average molecular weight is 526 g/mol. The summed E-state index contributed by atoms with van der Waals surface area (Å²) in [5.74, 6) is -0.688. The number of carbonyl (C=O) groups is 1. The fraction of sp³-hybridized carbons (Fsp3) is 0.261. The van der Waals surface area contributed by atoms with Gasteiger partial charge in [-0.25, -0.2) is 14.2 Å². The van der Waals surface area contributed by atoms with E-state index in [0.717, 1.165) is 11.6 Å². The van der Waals surface area contributed by atoms with E-state index in [0.29, 0.717) is 44.1 Å². The van der Waals surface area contributed by atoms with Crippen LogP contribution in [0.2, 0.25) is 0 Å². The summed E-state index contributed by atoms with van der Waals surface area (Å²) in [7, 11) is 0. The Labute approximate surface area is 210 Å². The summed E-state index contributed by atoms with van der Waals surface area (Å²) in [6.45, 7) is 2.88. The van der Waals surface area contributed by atoms with Gasteiger partial charge in [-0.1, -0.05) is 18.2 Å². The lowest BCUT2D eigenvalue weighted by atomic mass is 10.1. The fourth-order valence-electron chi connectivity index (χ4n) is 3.71. The number of amides is 2. The van der Waals surface area contributed by atoms with E-state index in [-0.39, 0.29) is 18.2 Å². The van der Waals surface area contributed by atoms with E-state index in [1.54, 1.807) is 23.1 Å². The van der Waals surface area contributed by atoms with Gasteiger partial charge >= 0.3 is 12.2 Å². The van der Waals surface area contributed by atoms with Crippen molar-refractivity contribution in [3.8, 4) is 0 Å². The number of urea groups is 1. The molecule has 1 aromatic heterocycles. The number of nitrogens with zero attached hydrogens (tertiary/aromatic N) is 4. The molecule has 0 atom stereocenters. The van der Waals surface area contributed by atoms with E-state index < -0.39 is 29.7 Å². The first-order chi connectivity index (χ1) is 16.7.